The van der Waals surface area contributed by atoms with Gasteiger partial charge in [-0.15, -0.1) is 0 Å². The number of hydrogen-bond donors (Lipinski definition) is 1. The molecule has 0 saturated carbocycles. The summed E-state index contributed by atoms with van der Waals surface area (Å²) in [7, 11) is 0. The van der Waals surface area contributed by atoms with Crippen molar-refractivity contribution in [3.8, 4) is 0 Å². The van der Waals surface area contributed by atoms with Crippen molar-refractivity contribution in [2.45, 2.75) is 54.4 Å². The maximum Gasteiger partial charge on any atom is 0.221 e. The molecule has 1 aromatic heterocycles. The molecule has 0 radical (unpaired) electrons. The van der Waals surface area contributed by atoms with Crippen LogP contribution in [-0.4, -0.2) is 9.97 Å². The van der Waals surface area contributed by atoms with Gasteiger partial charge in [-0.1, -0.05) is 52.6 Å². The fourth-order valence-corrected chi connectivity index (χ4v) is 1.43. The van der Waals surface area contributed by atoms with Crippen molar-refractivity contribution in [2.75, 3.05) is 5.73 Å². The van der Waals surface area contributed by atoms with Crippen molar-refractivity contribution >= 4 is 17.5 Å². The minimum atomic E-state index is 0.248. The Balaban J connectivity index is 0. The Morgan fingerprint density at radius 2 is 1.62 bits per heavy atom. The van der Waals surface area contributed by atoms with Crippen LogP contribution >= 0.6 is 11.6 Å². The molecule has 1 rings (SSSR count). The topological polar surface area (TPSA) is 51.8 Å². The molecule has 16 heavy (non-hydrogen) atoms. The molecule has 0 unspecified atom stereocenters. The molecule has 0 aliphatic rings. The van der Waals surface area contributed by atoms with Crippen LogP contribution in [0.2, 0.25) is 5.15 Å². The van der Waals surface area contributed by atoms with Crippen molar-refractivity contribution in [2.24, 2.45) is 0 Å². The lowest BCUT2D eigenvalue weighted by molar-refractivity contribution is 0.886. The average Bonchev–Trinajstić information content (AvgIpc) is 2.29. The molecule has 1 heterocycles. The van der Waals surface area contributed by atoms with Gasteiger partial charge in [0.2, 0.25) is 5.95 Å². The summed E-state index contributed by atoms with van der Waals surface area (Å²) in [5.74, 6) is 0.248. The zero-order chi connectivity index (χ0) is 13.1. The van der Waals surface area contributed by atoms with Gasteiger partial charge in [-0.05, 0) is 13.3 Å². The smallest absolute Gasteiger partial charge is 0.221 e. The number of nitrogen functional groups attached to an aromatic ring is 1. The second-order valence-corrected chi connectivity index (χ2v) is 3.04. The van der Waals surface area contributed by atoms with E-state index in [-0.39, 0.29) is 5.95 Å². The highest BCUT2D eigenvalue weighted by Gasteiger charge is 2.06. The fourth-order valence-electron chi connectivity index (χ4n) is 1.12. The molecule has 94 valence electrons. The minimum Gasteiger partial charge on any atom is -0.368 e. The van der Waals surface area contributed by atoms with E-state index in [1.807, 2.05) is 34.6 Å². The predicted octanol–water partition coefficient (Wildman–Crippen LogP) is 4.03. The van der Waals surface area contributed by atoms with Gasteiger partial charge in [-0.3, -0.25) is 0 Å². The van der Waals surface area contributed by atoms with Gasteiger partial charge in [-0.2, -0.15) is 0 Å². The van der Waals surface area contributed by atoms with Gasteiger partial charge in [0.25, 0.3) is 0 Å². The summed E-state index contributed by atoms with van der Waals surface area (Å²) in [6.07, 6.45) is 1.94. The van der Waals surface area contributed by atoms with Gasteiger partial charge < -0.3 is 5.73 Å². The molecule has 0 fully saturated rings. The van der Waals surface area contributed by atoms with Crippen LogP contribution in [0.5, 0.6) is 0 Å². The van der Waals surface area contributed by atoms with Crippen LogP contribution in [0.1, 0.15) is 52.3 Å². The number of nitrogens with two attached hydrogens (primary N) is 1. The Morgan fingerprint density at radius 3 is 2.00 bits per heavy atom. The van der Waals surface area contributed by atoms with Crippen LogP contribution in [0, 0.1) is 6.92 Å². The molecule has 1 aromatic rings. The van der Waals surface area contributed by atoms with E-state index >= 15 is 0 Å². The number of aryl methyl sites for hydroxylation is 1. The van der Waals surface area contributed by atoms with Gasteiger partial charge in [0.1, 0.15) is 5.15 Å². The first-order valence-corrected chi connectivity index (χ1v) is 6.31. The molecule has 0 aromatic carbocycles. The summed E-state index contributed by atoms with van der Waals surface area (Å²) in [5, 5.41) is 0.488. The normalized spacial score (nSPS) is 8.44. The summed E-state index contributed by atoms with van der Waals surface area (Å²) in [6, 6.07) is 0. The first-order chi connectivity index (χ1) is 7.65. The van der Waals surface area contributed by atoms with Crippen LogP contribution < -0.4 is 5.73 Å². The monoisotopic (exact) mass is 245 g/mol. The number of anilines is 1. The highest BCUT2D eigenvalue weighted by atomic mass is 35.5. The number of hydrogen-bond acceptors (Lipinski definition) is 3. The lowest BCUT2D eigenvalue weighted by atomic mass is 10.1. The number of rotatable bonds is 2. The van der Waals surface area contributed by atoms with E-state index in [0.29, 0.717) is 5.15 Å². The van der Waals surface area contributed by atoms with E-state index in [1.165, 1.54) is 0 Å². The van der Waals surface area contributed by atoms with Gasteiger partial charge in [0.05, 0.1) is 0 Å². The maximum atomic E-state index is 5.88. The third kappa shape index (κ3) is 5.91. The third-order valence-corrected chi connectivity index (χ3v) is 1.99. The largest absolute Gasteiger partial charge is 0.368 e. The van der Waals surface area contributed by atoms with Gasteiger partial charge in [0.15, 0.2) is 0 Å². The van der Waals surface area contributed by atoms with E-state index < -0.39 is 0 Å². The van der Waals surface area contributed by atoms with Crippen molar-refractivity contribution in [1.29, 1.82) is 0 Å². The molecule has 0 aliphatic heterocycles. The zero-order valence-electron chi connectivity index (χ0n) is 11.3. The van der Waals surface area contributed by atoms with Crippen LogP contribution in [-0.2, 0) is 6.42 Å². The van der Waals surface area contributed by atoms with Crippen molar-refractivity contribution in [1.82, 2.24) is 9.97 Å². The lowest BCUT2D eigenvalue weighted by Crippen LogP contribution is -2.02. The van der Waals surface area contributed by atoms with E-state index in [4.69, 9.17) is 17.3 Å². The third-order valence-electron chi connectivity index (χ3n) is 1.68. The van der Waals surface area contributed by atoms with Gasteiger partial charge >= 0.3 is 0 Å². The van der Waals surface area contributed by atoms with E-state index in [2.05, 4.69) is 16.9 Å². The summed E-state index contributed by atoms with van der Waals surface area (Å²) < 4.78 is 0. The minimum absolute atomic E-state index is 0.248. The van der Waals surface area contributed by atoms with Crippen molar-refractivity contribution < 1.29 is 0 Å². The van der Waals surface area contributed by atoms with Crippen LogP contribution in [0.3, 0.4) is 0 Å². The van der Waals surface area contributed by atoms with Gasteiger partial charge in [-0.25, -0.2) is 9.97 Å². The Kier molecular flexibility index (Phi) is 11.7. The first kappa shape index (κ1) is 17.6. The van der Waals surface area contributed by atoms with Crippen LogP contribution in [0.25, 0.3) is 0 Å². The molecule has 0 aliphatic carbocycles. The van der Waals surface area contributed by atoms with E-state index in [1.54, 1.807) is 0 Å². The first-order valence-electron chi connectivity index (χ1n) is 5.93. The van der Waals surface area contributed by atoms with Crippen LogP contribution in [0.4, 0.5) is 5.95 Å². The second kappa shape index (κ2) is 10.7. The Morgan fingerprint density at radius 1 is 1.12 bits per heavy atom. The molecule has 0 spiro atoms. The SMILES string of the molecule is CC.CC.CCCc1c(C)nc(N)nc1Cl. The summed E-state index contributed by atoms with van der Waals surface area (Å²) in [6.45, 7) is 12.0. The predicted molar refractivity (Wildman–Crippen MR) is 72.9 cm³/mol. The Bertz CT molecular complexity index is 265. The van der Waals surface area contributed by atoms with E-state index in [0.717, 1.165) is 24.1 Å². The number of aromatic nitrogens is 2. The highest BCUT2D eigenvalue weighted by Crippen LogP contribution is 2.18. The second-order valence-electron chi connectivity index (χ2n) is 2.69. The standard InChI is InChI=1S/C8H12ClN3.2C2H6/c1-3-4-6-5(2)11-8(10)12-7(6)9;2*1-2/h3-4H2,1-2H3,(H2,10,11,12);2*1-2H3. The maximum absolute atomic E-state index is 5.88. The van der Waals surface area contributed by atoms with E-state index in [9.17, 15) is 0 Å². The van der Waals surface area contributed by atoms with Gasteiger partial charge in [0, 0.05) is 11.3 Å². The average molecular weight is 246 g/mol. The lowest BCUT2D eigenvalue weighted by Gasteiger charge is -2.05. The molecule has 0 bridgehead atoms. The fraction of sp³-hybridized carbons (Fsp3) is 0.667. The summed E-state index contributed by atoms with van der Waals surface area (Å²) >= 11 is 5.88. The number of halogens is 1. The molecule has 0 saturated heterocycles. The molecule has 0 atom stereocenters. The molecule has 0 amide bonds. The highest BCUT2D eigenvalue weighted by molar-refractivity contribution is 6.30. The molecular weight excluding hydrogens is 222 g/mol. The van der Waals surface area contributed by atoms with Crippen molar-refractivity contribution in [3.63, 3.8) is 0 Å². The number of nitrogens with zero attached hydrogens (tertiary/aromatic N) is 2. The molecule has 4 heteroatoms. The molecule has 2 N–H and O–H groups in total. The molecular formula is C12H24ClN3. The van der Waals surface area contributed by atoms with Crippen molar-refractivity contribution in [3.05, 3.63) is 16.4 Å². The molecule has 3 nitrogen and oxygen atoms in total. The summed E-state index contributed by atoms with van der Waals surface area (Å²) in [5.41, 5.74) is 7.31. The summed E-state index contributed by atoms with van der Waals surface area (Å²) in [4.78, 5) is 7.92. The Labute approximate surface area is 104 Å². The Hall–Kier alpha value is -0.830. The van der Waals surface area contributed by atoms with Crippen LogP contribution in [0.15, 0.2) is 0 Å². The zero-order valence-corrected chi connectivity index (χ0v) is 12.0. The quantitative estimate of drug-likeness (QED) is 0.801.